The Balaban J connectivity index is 1.97. The van der Waals surface area contributed by atoms with E-state index in [9.17, 15) is 13.6 Å². The van der Waals surface area contributed by atoms with Crippen LogP contribution >= 0.6 is 0 Å². The van der Waals surface area contributed by atoms with Crippen molar-refractivity contribution in [3.63, 3.8) is 0 Å². The molecule has 6 heteroatoms. The second-order valence-electron chi connectivity index (χ2n) is 5.48. The number of piperidine rings is 1. The topological polar surface area (TPSA) is 58.4 Å². The van der Waals surface area contributed by atoms with Crippen LogP contribution in [0.25, 0.3) is 0 Å². The molecule has 1 atom stereocenters. The van der Waals surface area contributed by atoms with Crippen molar-refractivity contribution < 1.29 is 13.6 Å². The van der Waals surface area contributed by atoms with Crippen LogP contribution in [0.3, 0.4) is 0 Å². The normalized spacial score (nSPS) is 17.5. The molecule has 1 aliphatic heterocycles. The van der Waals surface area contributed by atoms with Crippen LogP contribution in [0, 0.1) is 11.6 Å². The molecule has 1 aromatic carbocycles. The van der Waals surface area contributed by atoms with Gasteiger partial charge in [-0.1, -0.05) is 6.42 Å². The highest BCUT2D eigenvalue weighted by atomic mass is 19.1. The minimum absolute atomic E-state index is 0.140. The van der Waals surface area contributed by atoms with E-state index in [1.54, 1.807) is 0 Å². The summed E-state index contributed by atoms with van der Waals surface area (Å²) < 4.78 is 27.3. The number of carbonyl (C=O) groups is 1. The summed E-state index contributed by atoms with van der Waals surface area (Å²) in [6.45, 7) is 4.35. The molecular weight excluding hydrogens is 276 g/mol. The lowest BCUT2D eigenvalue weighted by atomic mass is 10.1. The molecule has 0 radical (unpaired) electrons. The fraction of sp³-hybridized carbons (Fsp3) is 0.533. The number of hydrogen-bond acceptors (Lipinski definition) is 3. The molecule has 1 unspecified atom stereocenters. The summed E-state index contributed by atoms with van der Waals surface area (Å²) in [7, 11) is 0. The van der Waals surface area contributed by atoms with Crippen LogP contribution in [-0.4, -0.2) is 36.5 Å². The molecule has 1 saturated heterocycles. The standard InChI is InChI=1S/C15H21F2N3O/c1-10(20-7-3-2-4-8-20)9-19-15(21)13-11(16)5-6-12(18)14(13)17/h5-6,10H,2-4,7-9,18H2,1H3,(H,19,21). The number of carbonyl (C=O) groups excluding carboxylic acids is 1. The minimum atomic E-state index is -1.00. The number of nitrogens with one attached hydrogen (secondary N) is 1. The summed E-state index contributed by atoms with van der Waals surface area (Å²) in [6, 6.07) is 2.25. The zero-order chi connectivity index (χ0) is 15.4. The number of likely N-dealkylation sites (tertiary alicyclic amines) is 1. The number of nitrogen functional groups attached to an aromatic ring is 1. The predicted molar refractivity (Wildman–Crippen MR) is 78.0 cm³/mol. The Bertz CT molecular complexity index is 516. The van der Waals surface area contributed by atoms with E-state index in [1.807, 2.05) is 6.92 Å². The van der Waals surface area contributed by atoms with Gasteiger partial charge in [0.05, 0.1) is 5.69 Å². The number of anilines is 1. The zero-order valence-corrected chi connectivity index (χ0v) is 12.2. The molecule has 21 heavy (non-hydrogen) atoms. The molecule has 2 rings (SSSR count). The van der Waals surface area contributed by atoms with Crippen molar-refractivity contribution in [2.24, 2.45) is 0 Å². The molecule has 0 aromatic heterocycles. The summed E-state index contributed by atoms with van der Waals surface area (Å²) in [5.74, 6) is -2.66. The zero-order valence-electron chi connectivity index (χ0n) is 12.2. The molecule has 4 nitrogen and oxygen atoms in total. The van der Waals surface area contributed by atoms with Gasteiger partial charge in [0.2, 0.25) is 0 Å². The van der Waals surface area contributed by atoms with E-state index in [2.05, 4.69) is 10.2 Å². The summed E-state index contributed by atoms with van der Waals surface area (Å²) in [5.41, 5.74) is 4.53. The molecular formula is C15H21F2N3O. The van der Waals surface area contributed by atoms with Gasteiger partial charge in [-0.05, 0) is 45.0 Å². The predicted octanol–water partition coefficient (Wildman–Crippen LogP) is 2.15. The van der Waals surface area contributed by atoms with Gasteiger partial charge in [0, 0.05) is 12.6 Å². The second kappa shape index (κ2) is 6.85. The van der Waals surface area contributed by atoms with Gasteiger partial charge >= 0.3 is 0 Å². The highest BCUT2D eigenvalue weighted by molar-refractivity contribution is 5.95. The van der Waals surface area contributed by atoms with Crippen LogP contribution in [0.5, 0.6) is 0 Å². The molecule has 1 aromatic rings. The number of hydrogen-bond donors (Lipinski definition) is 2. The lowest BCUT2D eigenvalue weighted by Crippen LogP contribution is -2.44. The van der Waals surface area contributed by atoms with E-state index in [0.29, 0.717) is 6.54 Å². The number of amides is 1. The van der Waals surface area contributed by atoms with Crippen molar-refractivity contribution in [2.45, 2.75) is 32.2 Å². The first-order valence-electron chi connectivity index (χ1n) is 7.26. The number of nitrogens with two attached hydrogens (primary N) is 1. The van der Waals surface area contributed by atoms with Crippen LogP contribution in [-0.2, 0) is 0 Å². The first-order valence-corrected chi connectivity index (χ1v) is 7.26. The average molecular weight is 297 g/mol. The number of benzene rings is 1. The van der Waals surface area contributed by atoms with Crippen molar-refractivity contribution in [1.29, 1.82) is 0 Å². The van der Waals surface area contributed by atoms with Gasteiger partial charge in [-0.25, -0.2) is 8.78 Å². The summed E-state index contributed by atoms with van der Waals surface area (Å²) in [6.07, 6.45) is 3.53. The van der Waals surface area contributed by atoms with E-state index in [4.69, 9.17) is 5.73 Å². The molecule has 0 spiro atoms. The monoisotopic (exact) mass is 297 g/mol. The SMILES string of the molecule is CC(CNC(=O)c1c(F)ccc(N)c1F)N1CCCCC1. The Labute approximate surface area is 123 Å². The Morgan fingerprint density at radius 3 is 2.67 bits per heavy atom. The smallest absolute Gasteiger partial charge is 0.257 e. The molecule has 0 bridgehead atoms. The van der Waals surface area contributed by atoms with Crippen LogP contribution in [0.2, 0.25) is 0 Å². The molecule has 1 aliphatic rings. The Kier molecular flexibility index (Phi) is 5.12. The van der Waals surface area contributed by atoms with Gasteiger partial charge in [0.15, 0.2) is 5.82 Å². The quantitative estimate of drug-likeness (QED) is 0.837. The van der Waals surface area contributed by atoms with Gasteiger partial charge in [-0.2, -0.15) is 0 Å². The van der Waals surface area contributed by atoms with Crippen molar-refractivity contribution in [2.75, 3.05) is 25.4 Å². The van der Waals surface area contributed by atoms with E-state index >= 15 is 0 Å². The average Bonchev–Trinajstić information content (AvgIpc) is 2.50. The van der Waals surface area contributed by atoms with Crippen molar-refractivity contribution in [3.05, 3.63) is 29.3 Å². The largest absolute Gasteiger partial charge is 0.396 e. The molecule has 1 heterocycles. The third-order valence-electron chi connectivity index (χ3n) is 3.92. The lowest BCUT2D eigenvalue weighted by molar-refractivity contribution is 0.0921. The van der Waals surface area contributed by atoms with Crippen molar-refractivity contribution >= 4 is 11.6 Å². The number of halogens is 2. The molecule has 116 valence electrons. The third kappa shape index (κ3) is 3.69. The van der Waals surface area contributed by atoms with E-state index in [0.717, 1.165) is 38.1 Å². The first kappa shape index (κ1) is 15.7. The van der Waals surface area contributed by atoms with Crippen molar-refractivity contribution in [3.8, 4) is 0 Å². The maximum Gasteiger partial charge on any atom is 0.257 e. The highest BCUT2D eigenvalue weighted by Crippen LogP contribution is 2.18. The van der Waals surface area contributed by atoms with E-state index in [1.165, 1.54) is 6.42 Å². The fourth-order valence-corrected chi connectivity index (χ4v) is 2.59. The van der Waals surface area contributed by atoms with Gasteiger partial charge in [-0.15, -0.1) is 0 Å². The Morgan fingerprint density at radius 2 is 2.00 bits per heavy atom. The molecule has 1 amide bonds. The number of nitrogens with zero attached hydrogens (tertiary/aromatic N) is 1. The lowest BCUT2D eigenvalue weighted by Gasteiger charge is -2.32. The first-order chi connectivity index (χ1) is 10.0. The maximum absolute atomic E-state index is 13.8. The van der Waals surface area contributed by atoms with Crippen LogP contribution in [0.4, 0.5) is 14.5 Å². The summed E-state index contributed by atoms with van der Waals surface area (Å²) >= 11 is 0. The Hall–Kier alpha value is -1.69. The minimum Gasteiger partial charge on any atom is -0.396 e. The molecule has 3 N–H and O–H groups in total. The van der Waals surface area contributed by atoms with Crippen molar-refractivity contribution in [1.82, 2.24) is 10.2 Å². The second-order valence-corrected chi connectivity index (χ2v) is 5.48. The van der Waals surface area contributed by atoms with Gasteiger partial charge < -0.3 is 11.1 Å². The molecule has 0 aliphatic carbocycles. The highest BCUT2D eigenvalue weighted by Gasteiger charge is 2.21. The molecule has 1 fully saturated rings. The third-order valence-corrected chi connectivity index (χ3v) is 3.92. The van der Waals surface area contributed by atoms with E-state index < -0.39 is 23.1 Å². The number of rotatable bonds is 4. The van der Waals surface area contributed by atoms with Gasteiger partial charge in [0.25, 0.3) is 5.91 Å². The maximum atomic E-state index is 13.8. The van der Waals surface area contributed by atoms with Gasteiger partial charge in [0.1, 0.15) is 11.4 Å². The van der Waals surface area contributed by atoms with E-state index in [-0.39, 0.29) is 11.7 Å². The summed E-state index contributed by atoms with van der Waals surface area (Å²) in [4.78, 5) is 14.2. The van der Waals surface area contributed by atoms with Crippen LogP contribution in [0.15, 0.2) is 12.1 Å². The van der Waals surface area contributed by atoms with Crippen LogP contribution in [0.1, 0.15) is 36.5 Å². The Morgan fingerprint density at radius 1 is 1.33 bits per heavy atom. The van der Waals surface area contributed by atoms with Gasteiger partial charge in [-0.3, -0.25) is 9.69 Å². The van der Waals surface area contributed by atoms with Crippen LogP contribution < -0.4 is 11.1 Å². The summed E-state index contributed by atoms with van der Waals surface area (Å²) in [5, 5.41) is 2.59. The fourth-order valence-electron chi connectivity index (χ4n) is 2.59. The molecule has 0 saturated carbocycles.